The fourth-order valence-corrected chi connectivity index (χ4v) is 2.68. The molecule has 0 fully saturated rings. The highest BCUT2D eigenvalue weighted by Gasteiger charge is 2.14. The van der Waals surface area contributed by atoms with E-state index in [1.54, 1.807) is 36.4 Å². The van der Waals surface area contributed by atoms with Crippen LogP contribution in [0.1, 0.15) is 10.4 Å². The van der Waals surface area contributed by atoms with Gasteiger partial charge in [-0.15, -0.1) is 5.10 Å². The lowest BCUT2D eigenvalue weighted by Crippen LogP contribution is -2.31. The molecule has 0 saturated heterocycles. The number of carbonyl (C=O) groups excluding carboxylic acids is 2. The number of halogens is 1. The first kappa shape index (κ1) is 16.8. The predicted octanol–water partition coefficient (Wildman–Crippen LogP) is 1.85. The normalized spacial score (nSPS) is 10.4. The third-order valence-electron chi connectivity index (χ3n) is 3.11. The van der Waals surface area contributed by atoms with E-state index in [-0.39, 0.29) is 5.75 Å². The molecule has 3 aromatic rings. The molecule has 25 heavy (non-hydrogen) atoms. The molecule has 0 spiro atoms. The third kappa shape index (κ3) is 4.27. The Hall–Kier alpha value is -3.07. The summed E-state index contributed by atoms with van der Waals surface area (Å²) in [7, 11) is 0. The molecule has 1 aromatic heterocycles. The van der Waals surface area contributed by atoms with Gasteiger partial charge in [0.05, 0.1) is 11.4 Å². The van der Waals surface area contributed by atoms with Crippen molar-refractivity contribution in [1.82, 2.24) is 25.5 Å². The van der Waals surface area contributed by atoms with Crippen LogP contribution in [0.2, 0.25) is 0 Å². The van der Waals surface area contributed by atoms with E-state index in [1.807, 2.05) is 0 Å². The van der Waals surface area contributed by atoms with Crippen molar-refractivity contribution in [1.29, 1.82) is 0 Å². The molecule has 3 rings (SSSR count). The standard InChI is InChI=1S/C16H12FN5O2S/c17-12-7-4-8-13(9-12)22-16(19-20-21-22)25-10-14(23)18-15(24)11-5-2-1-3-6-11/h1-9H,10H2,(H,18,23,24). The zero-order chi connectivity index (χ0) is 17.6. The minimum atomic E-state index is -0.479. The van der Waals surface area contributed by atoms with Crippen molar-refractivity contribution in [3.8, 4) is 5.69 Å². The van der Waals surface area contributed by atoms with Crippen molar-refractivity contribution in [3.63, 3.8) is 0 Å². The van der Waals surface area contributed by atoms with Crippen molar-refractivity contribution in [3.05, 3.63) is 66.0 Å². The molecule has 0 radical (unpaired) electrons. The minimum absolute atomic E-state index is 0.0612. The molecule has 1 heterocycles. The summed E-state index contributed by atoms with van der Waals surface area (Å²) in [5.41, 5.74) is 0.832. The van der Waals surface area contributed by atoms with E-state index in [9.17, 15) is 14.0 Å². The summed E-state index contributed by atoms with van der Waals surface area (Å²) in [5.74, 6) is -1.44. The number of carbonyl (C=O) groups is 2. The number of nitrogens with zero attached hydrogens (tertiary/aromatic N) is 4. The maximum atomic E-state index is 13.3. The highest BCUT2D eigenvalue weighted by atomic mass is 32.2. The van der Waals surface area contributed by atoms with Crippen molar-refractivity contribution in [2.45, 2.75) is 5.16 Å². The van der Waals surface area contributed by atoms with Crippen LogP contribution in [0.5, 0.6) is 0 Å². The second-order valence-electron chi connectivity index (χ2n) is 4.89. The Labute approximate surface area is 146 Å². The molecule has 2 amide bonds. The van der Waals surface area contributed by atoms with Crippen LogP contribution in [0.15, 0.2) is 59.8 Å². The Morgan fingerprint density at radius 2 is 1.92 bits per heavy atom. The van der Waals surface area contributed by atoms with Crippen molar-refractivity contribution in [2.75, 3.05) is 5.75 Å². The van der Waals surface area contributed by atoms with E-state index in [2.05, 4.69) is 20.8 Å². The first-order valence-electron chi connectivity index (χ1n) is 7.20. The number of thioether (sulfide) groups is 1. The average Bonchev–Trinajstić information content (AvgIpc) is 3.09. The van der Waals surface area contributed by atoms with Gasteiger partial charge in [-0.1, -0.05) is 36.0 Å². The summed E-state index contributed by atoms with van der Waals surface area (Å²) in [4.78, 5) is 23.8. The lowest BCUT2D eigenvalue weighted by Gasteiger charge is -2.05. The molecule has 0 atom stereocenters. The lowest BCUT2D eigenvalue weighted by atomic mass is 10.2. The van der Waals surface area contributed by atoms with E-state index in [4.69, 9.17) is 0 Å². The van der Waals surface area contributed by atoms with Gasteiger partial charge in [0.15, 0.2) is 0 Å². The average molecular weight is 357 g/mol. The van der Waals surface area contributed by atoms with Gasteiger partial charge in [0.2, 0.25) is 11.1 Å². The van der Waals surface area contributed by atoms with E-state index < -0.39 is 17.6 Å². The fraction of sp³-hybridized carbons (Fsp3) is 0.0625. The summed E-state index contributed by atoms with van der Waals surface area (Å²) in [6.45, 7) is 0. The van der Waals surface area contributed by atoms with Gasteiger partial charge in [0.1, 0.15) is 5.82 Å². The highest BCUT2D eigenvalue weighted by molar-refractivity contribution is 7.99. The van der Waals surface area contributed by atoms with Gasteiger partial charge >= 0.3 is 0 Å². The largest absolute Gasteiger partial charge is 0.292 e. The number of rotatable bonds is 5. The lowest BCUT2D eigenvalue weighted by molar-refractivity contribution is -0.117. The molecule has 126 valence electrons. The van der Waals surface area contributed by atoms with Gasteiger partial charge in [-0.05, 0) is 40.8 Å². The van der Waals surface area contributed by atoms with Crippen LogP contribution in [0.25, 0.3) is 5.69 Å². The predicted molar refractivity (Wildman–Crippen MR) is 88.8 cm³/mol. The number of hydrogen-bond acceptors (Lipinski definition) is 6. The first-order valence-corrected chi connectivity index (χ1v) is 8.18. The Morgan fingerprint density at radius 3 is 2.68 bits per heavy atom. The quantitative estimate of drug-likeness (QED) is 0.701. The van der Waals surface area contributed by atoms with Crippen molar-refractivity contribution < 1.29 is 14.0 Å². The molecular weight excluding hydrogens is 345 g/mol. The Balaban J connectivity index is 1.62. The number of aromatic nitrogens is 4. The number of benzene rings is 2. The molecule has 0 unspecified atom stereocenters. The first-order chi connectivity index (χ1) is 12.1. The van der Waals surface area contributed by atoms with E-state index >= 15 is 0 Å². The summed E-state index contributed by atoms with van der Waals surface area (Å²) in [5, 5.41) is 13.7. The molecule has 2 aromatic carbocycles. The van der Waals surface area contributed by atoms with Crippen molar-refractivity contribution in [2.24, 2.45) is 0 Å². The monoisotopic (exact) mass is 357 g/mol. The van der Waals surface area contributed by atoms with E-state index in [1.165, 1.54) is 22.9 Å². The fourth-order valence-electron chi connectivity index (χ4n) is 1.99. The van der Waals surface area contributed by atoms with Crippen LogP contribution >= 0.6 is 11.8 Å². The van der Waals surface area contributed by atoms with E-state index in [0.29, 0.717) is 16.4 Å². The van der Waals surface area contributed by atoms with Crippen LogP contribution in [-0.4, -0.2) is 37.8 Å². The summed E-state index contributed by atoms with van der Waals surface area (Å²) in [6, 6.07) is 14.2. The summed E-state index contributed by atoms with van der Waals surface area (Å²) in [6.07, 6.45) is 0. The molecule has 0 aliphatic rings. The molecule has 9 heteroatoms. The molecule has 0 aliphatic carbocycles. The topological polar surface area (TPSA) is 89.8 Å². The zero-order valence-electron chi connectivity index (χ0n) is 12.8. The zero-order valence-corrected chi connectivity index (χ0v) is 13.6. The number of nitrogens with one attached hydrogen (secondary N) is 1. The Morgan fingerprint density at radius 1 is 1.12 bits per heavy atom. The molecular formula is C16H12FN5O2S. The number of hydrogen-bond donors (Lipinski definition) is 1. The molecule has 0 bridgehead atoms. The molecule has 1 N–H and O–H groups in total. The number of amides is 2. The van der Waals surface area contributed by atoms with Gasteiger partial charge in [0, 0.05) is 5.56 Å². The van der Waals surface area contributed by atoms with Gasteiger partial charge in [-0.3, -0.25) is 14.9 Å². The molecule has 0 aliphatic heterocycles. The summed E-state index contributed by atoms with van der Waals surface area (Å²) >= 11 is 1.04. The Bertz CT molecular complexity index is 900. The van der Waals surface area contributed by atoms with Crippen LogP contribution in [0, 0.1) is 5.82 Å². The van der Waals surface area contributed by atoms with Crippen LogP contribution < -0.4 is 5.32 Å². The van der Waals surface area contributed by atoms with Crippen molar-refractivity contribution >= 4 is 23.6 Å². The van der Waals surface area contributed by atoms with Crippen LogP contribution in [0.3, 0.4) is 0 Å². The molecule has 7 nitrogen and oxygen atoms in total. The second kappa shape index (κ2) is 7.67. The van der Waals surface area contributed by atoms with Gasteiger partial charge in [-0.25, -0.2) is 4.39 Å². The minimum Gasteiger partial charge on any atom is -0.292 e. The van der Waals surface area contributed by atoms with Gasteiger partial charge < -0.3 is 0 Å². The summed E-state index contributed by atoms with van der Waals surface area (Å²) < 4.78 is 14.6. The van der Waals surface area contributed by atoms with E-state index in [0.717, 1.165) is 11.8 Å². The van der Waals surface area contributed by atoms with Crippen LogP contribution in [0.4, 0.5) is 4.39 Å². The second-order valence-corrected chi connectivity index (χ2v) is 5.83. The maximum Gasteiger partial charge on any atom is 0.257 e. The van der Waals surface area contributed by atoms with Gasteiger partial charge in [0.25, 0.3) is 5.91 Å². The molecule has 0 saturated carbocycles. The maximum absolute atomic E-state index is 13.3. The number of tetrazole rings is 1. The third-order valence-corrected chi connectivity index (χ3v) is 4.03. The smallest absolute Gasteiger partial charge is 0.257 e. The highest BCUT2D eigenvalue weighted by Crippen LogP contribution is 2.18. The number of imide groups is 1. The van der Waals surface area contributed by atoms with Crippen LogP contribution in [-0.2, 0) is 4.79 Å². The Kier molecular flexibility index (Phi) is 5.14. The SMILES string of the molecule is O=C(CSc1nnnn1-c1cccc(F)c1)NC(=O)c1ccccc1. The van der Waals surface area contributed by atoms with Gasteiger partial charge in [-0.2, -0.15) is 4.68 Å².